The summed E-state index contributed by atoms with van der Waals surface area (Å²) >= 11 is 0. The number of nitrogens with one attached hydrogen (secondary N) is 2. The Balaban J connectivity index is 1.82. The molecule has 0 radical (unpaired) electrons. The molecule has 0 amide bonds. The molecule has 0 aliphatic heterocycles. The summed E-state index contributed by atoms with van der Waals surface area (Å²) in [6.45, 7) is 4.15. The van der Waals surface area contributed by atoms with Crippen molar-refractivity contribution in [3.8, 4) is 11.4 Å². The number of H-pyrrole nitrogens is 1. The number of fused-ring (bicyclic) bond motifs is 1. The van der Waals surface area contributed by atoms with Crippen molar-refractivity contribution in [2.75, 3.05) is 5.32 Å². The summed E-state index contributed by atoms with van der Waals surface area (Å²) in [6.07, 6.45) is 2.38. The topological polar surface area (TPSA) is 73.8 Å². The predicted molar refractivity (Wildman–Crippen MR) is 96.1 cm³/mol. The molecule has 3 N–H and O–H groups in total. The van der Waals surface area contributed by atoms with E-state index in [4.69, 9.17) is 9.97 Å². The van der Waals surface area contributed by atoms with Crippen molar-refractivity contribution < 1.29 is 5.11 Å². The minimum Gasteiger partial charge on any atom is -0.393 e. The van der Waals surface area contributed by atoms with Crippen LogP contribution in [0.2, 0.25) is 0 Å². The van der Waals surface area contributed by atoms with Gasteiger partial charge in [-0.15, -0.1) is 0 Å². The van der Waals surface area contributed by atoms with Gasteiger partial charge in [-0.2, -0.15) is 0 Å². The first kappa shape index (κ1) is 15.1. The Morgan fingerprint density at radius 3 is 2.62 bits per heavy atom. The zero-order valence-electron chi connectivity index (χ0n) is 14.0. The van der Waals surface area contributed by atoms with Gasteiger partial charge in [0.15, 0.2) is 5.82 Å². The first-order valence-corrected chi connectivity index (χ1v) is 8.48. The second-order valence-corrected chi connectivity index (χ2v) is 6.67. The molecule has 3 aromatic rings. The third-order valence-corrected chi connectivity index (χ3v) is 4.93. The number of aromatic amines is 1. The summed E-state index contributed by atoms with van der Waals surface area (Å²) in [4.78, 5) is 12.9. The number of benzene rings is 1. The van der Waals surface area contributed by atoms with Crippen LogP contribution >= 0.6 is 0 Å². The number of nitrogens with zero attached hydrogens (tertiary/aromatic N) is 2. The molecule has 4 rings (SSSR count). The van der Waals surface area contributed by atoms with Crippen LogP contribution in [0, 0.1) is 13.8 Å². The quantitative estimate of drug-likeness (QED) is 0.689. The summed E-state index contributed by atoms with van der Waals surface area (Å²) in [7, 11) is 0. The standard InChI is InChI=1S/C19H22N4O/c1-11-12(2)20-18-16(11)19(21-14-8-9-15(24)10-14)23-17(22-18)13-6-4-3-5-7-13/h3-7,14-15,24H,8-10H2,1-2H3,(H2,20,21,22,23)/t14-,15-/m0/s1. The fraction of sp³-hybridized carbons (Fsp3) is 0.368. The van der Waals surface area contributed by atoms with Gasteiger partial charge in [0.1, 0.15) is 11.5 Å². The molecule has 0 bridgehead atoms. The number of hydrogen-bond acceptors (Lipinski definition) is 4. The molecule has 5 nitrogen and oxygen atoms in total. The summed E-state index contributed by atoms with van der Waals surface area (Å²) in [5.41, 5.74) is 4.14. The van der Waals surface area contributed by atoms with Gasteiger partial charge in [-0.1, -0.05) is 30.3 Å². The second-order valence-electron chi connectivity index (χ2n) is 6.67. The third kappa shape index (κ3) is 2.65. The van der Waals surface area contributed by atoms with E-state index in [1.54, 1.807) is 0 Å². The van der Waals surface area contributed by atoms with E-state index in [0.29, 0.717) is 5.82 Å². The van der Waals surface area contributed by atoms with Crippen molar-refractivity contribution in [1.29, 1.82) is 0 Å². The average molecular weight is 322 g/mol. The SMILES string of the molecule is Cc1[nH]c2nc(-c3ccccc3)nc(N[C@H]3CC[C@H](O)C3)c2c1C. The molecular weight excluding hydrogens is 300 g/mol. The smallest absolute Gasteiger partial charge is 0.163 e. The maximum Gasteiger partial charge on any atom is 0.163 e. The number of aliphatic hydroxyl groups is 1. The molecule has 2 heterocycles. The van der Waals surface area contributed by atoms with Gasteiger partial charge in [-0.3, -0.25) is 0 Å². The Kier molecular flexibility index (Phi) is 3.73. The lowest BCUT2D eigenvalue weighted by Crippen LogP contribution is -2.18. The van der Waals surface area contributed by atoms with Crippen LogP contribution in [-0.4, -0.2) is 32.2 Å². The van der Waals surface area contributed by atoms with Gasteiger partial charge in [0.2, 0.25) is 0 Å². The number of anilines is 1. The maximum atomic E-state index is 9.80. The van der Waals surface area contributed by atoms with Crippen LogP contribution in [0.1, 0.15) is 30.5 Å². The molecule has 2 aromatic heterocycles. The fourth-order valence-corrected chi connectivity index (χ4v) is 3.47. The predicted octanol–water partition coefficient (Wildman–Crippen LogP) is 3.57. The summed E-state index contributed by atoms with van der Waals surface area (Å²) < 4.78 is 0. The molecule has 1 saturated carbocycles. The normalized spacial score (nSPS) is 20.6. The lowest BCUT2D eigenvalue weighted by atomic mass is 10.1. The summed E-state index contributed by atoms with van der Waals surface area (Å²) in [5, 5.41) is 14.4. The Labute approximate surface area is 141 Å². The minimum absolute atomic E-state index is 0.206. The third-order valence-electron chi connectivity index (χ3n) is 4.93. The Hall–Kier alpha value is -2.40. The van der Waals surface area contributed by atoms with E-state index in [1.807, 2.05) is 30.3 Å². The average Bonchev–Trinajstić information content (AvgIpc) is 3.11. The van der Waals surface area contributed by atoms with E-state index >= 15 is 0 Å². The van der Waals surface area contributed by atoms with E-state index in [1.165, 1.54) is 5.56 Å². The van der Waals surface area contributed by atoms with Crippen LogP contribution in [0.5, 0.6) is 0 Å². The lowest BCUT2D eigenvalue weighted by molar-refractivity contribution is 0.182. The summed E-state index contributed by atoms with van der Waals surface area (Å²) in [5.74, 6) is 1.57. The van der Waals surface area contributed by atoms with Gasteiger partial charge in [0, 0.05) is 17.3 Å². The molecule has 0 saturated heterocycles. The van der Waals surface area contributed by atoms with Gasteiger partial charge in [0.05, 0.1) is 11.5 Å². The van der Waals surface area contributed by atoms with Crippen molar-refractivity contribution in [2.45, 2.75) is 45.3 Å². The highest BCUT2D eigenvalue weighted by Crippen LogP contribution is 2.31. The van der Waals surface area contributed by atoms with Crippen LogP contribution < -0.4 is 5.32 Å². The van der Waals surface area contributed by atoms with Crippen molar-refractivity contribution in [3.63, 3.8) is 0 Å². The molecule has 1 aliphatic carbocycles. The van der Waals surface area contributed by atoms with Crippen LogP contribution in [-0.2, 0) is 0 Å². The van der Waals surface area contributed by atoms with E-state index in [9.17, 15) is 5.11 Å². The molecule has 1 aliphatic rings. The fourth-order valence-electron chi connectivity index (χ4n) is 3.47. The van der Waals surface area contributed by atoms with Crippen LogP contribution in [0.3, 0.4) is 0 Å². The van der Waals surface area contributed by atoms with Crippen LogP contribution in [0.15, 0.2) is 30.3 Å². The molecule has 0 spiro atoms. The van der Waals surface area contributed by atoms with Crippen molar-refractivity contribution in [2.24, 2.45) is 0 Å². The largest absolute Gasteiger partial charge is 0.393 e. The molecule has 2 atom stereocenters. The van der Waals surface area contributed by atoms with E-state index in [2.05, 4.69) is 24.1 Å². The number of rotatable bonds is 3. The van der Waals surface area contributed by atoms with E-state index in [0.717, 1.165) is 47.4 Å². The van der Waals surface area contributed by atoms with Gasteiger partial charge < -0.3 is 15.4 Å². The van der Waals surface area contributed by atoms with E-state index < -0.39 is 0 Å². The van der Waals surface area contributed by atoms with E-state index in [-0.39, 0.29) is 12.1 Å². The number of aromatic nitrogens is 3. The molecule has 1 fully saturated rings. The Morgan fingerprint density at radius 2 is 1.92 bits per heavy atom. The number of aliphatic hydroxyl groups excluding tert-OH is 1. The maximum absolute atomic E-state index is 9.80. The number of hydrogen-bond donors (Lipinski definition) is 3. The van der Waals surface area contributed by atoms with Gasteiger partial charge in [-0.25, -0.2) is 9.97 Å². The van der Waals surface area contributed by atoms with Crippen LogP contribution in [0.25, 0.3) is 22.4 Å². The highest BCUT2D eigenvalue weighted by atomic mass is 16.3. The van der Waals surface area contributed by atoms with Gasteiger partial charge >= 0.3 is 0 Å². The van der Waals surface area contributed by atoms with Crippen molar-refractivity contribution in [1.82, 2.24) is 15.0 Å². The van der Waals surface area contributed by atoms with Crippen LogP contribution in [0.4, 0.5) is 5.82 Å². The first-order valence-electron chi connectivity index (χ1n) is 8.48. The molecule has 0 unspecified atom stereocenters. The van der Waals surface area contributed by atoms with Gasteiger partial charge in [0.25, 0.3) is 0 Å². The van der Waals surface area contributed by atoms with Crippen molar-refractivity contribution in [3.05, 3.63) is 41.6 Å². The minimum atomic E-state index is -0.206. The zero-order valence-corrected chi connectivity index (χ0v) is 14.0. The summed E-state index contributed by atoms with van der Waals surface area (Å²) in [6, 6.07) is 10.3. The van der Waals surface area contributed by atoms with Gasteiger partial charge in [-0.05, 0) is 38.7 Å². The Bertz CT molecular complexity index is 872. The Morgan fingerprint density at radius 1 is 1.12 bits per heavy atom. The zero-order chi connectivity index (χ0) is 16.7. The molecule has 5 heteroatoms. The highest BCUT2D eigenvalue weighted by molar-refractivity contribution is 5.92. The second kappa shape index (κ2) is 5.91. The number of aryl methyl sites for hydroxylation is 2. The van der Waals surface area contributed by atoms with Crippen molar-refractivity contribution >= 4 is 16.9 Å². The lowest BCUT2D eigenvalue weighted by Gasteiger charge is -2.15. The molecule has 124 valence electrons. The molecular formula is C19H22N4O. The monoisotopic (exact) mass is 322 g/mol. The molecule has 1 aromatic carbocycles. The highest BCUT2D eigenvalue weighted by Gasteiger charge is 2.24. The molecule has 24 heavy (non-hydrogen) atoms. The first-order chi connectivity index (χ1) is 11.6.